The lowest BCUT2D eigenvalue weighted by Gasteiger charge is -2.05. The van der Waals surface area contributed by atoms with E-state index in [1.165, 1.54) is 0 Å². The van der Waals surface area contributed by atoms with E-state index in [-0.39, 0.29) is 0 Å². The Hall–Kier alpha value is -1.26. The number of hydrogen-bond donors (Lipinski definition) is 1. The van der Waals surface area contributed by atoms with Crippen molar-refractivity contribution in [3.8, 4) is 11.4 Å². The van der Waals surface area contributed by atoms with E-state index >= 15 is 0 Å². The zero-order valence-corrected chi connectivity index (χ0v) is 10.3. The molecule has 0 bridgehead atoms. The highest BCUT2D eigenvalue weighted by molar-refractivity contribution is 7.10. The molecule has 16 heavy (non-hydrogen) atoms. The van der Waals surface area contributed by atoms with Crippen molar-refractivity contribution in [2.45, 2.75) is 12.8 Å². The van der Waals surface area contributed by atoms with Crippen LogP contribution in [0.3, 0.4) is 0 Å². The molecule has 0 fully saturated rings. The molecule has 4 heteroatoms. The van der Waals surface area contributed by atoms with Gasteiger partial charge in [-0.05, 0) is 19.2 Å². The van der Waals surface area contributed by atoms with Crippen molar-refractivity contribution in [2.75, 3.05) is 13.6 Å². The van der Waals surface area contributed by atoms with Crippen molar-refractivity contribution in [3.05, 3.63) is 34.8 Å². The molecule has 0 saturated carbocycles. The molecule has 0 amide bonds. The smallest absolute Gasteiger partial charge is 0.0998 e. The van der Waals surface area contributed by atoms with E-state index in [4.69, 9.17) is 0 Å². The lowest BCUT2D eigenvalue weighted by atomic mass is 10.2. The second-order valence-corrected chi connectivity index (χ2v) is 4.63. The molecule has 2 aromatic rings. The maximum absolute atomic E-state index is 4.62. The summed E-state index contributed by atoms with van der Waals surface area (Å²) in [6.45, 7) is 3.13. The molecule has 0 spiro atoms. The van der Waals surface area contributed by atoms with Gasteiger partial charge in [0.1, 0.15) is 0 Å². The highest BCUT2D eigenvalue weighted by Gasteiger charge is 2.10. The summed E-state index contributed by atoms with van der Waals surface area (Å²) in [5, 5.41) is 6.40. The SMILES string of the molecule is CNCC(C)c1nc(-c2ccccn2)cs1. The Kier molecular flexibility index (Phi) is 3.64. The van der Waals surface area contributed by atoms with Crippen LogP contribution >= 0.6 is 11.3 Å². The molecule has 0 aliphatic rings. The van der Waals surface area contributed by atoms with Crippen LogP contribution in [0.1, 0.15) is 17.8 Å². The van der Waals surface area contributed by atoms with Crippen molar-refractivity contribution in [1.29, 1.82) is 0 Å². The van der Waals surface area contributed by atoms with Gasteiger partial charge in [0.15, 0.2) is 0 Å². The molecule has 1 atom stereocenters. The molecule has 1 N–H and O–H groups in total. The lowest BCUT2D eigenvalue weighted by Crippen LogP contribution is -2.14. The Morgan fingerprint density at radius 3 is 2.94 bits per heavy atom. The first kappa shape index (κ1) is 11.2. The third-order valence-corrected chi connectivity index (χ3v) is 3.46. The summed E-state index contributed by atoms with van der Waals surface area (Å²) >= 11 is 1.70. The van der Waals surface area contributed by atoms with E-state index in [1.54, 1.807) is 17.5 Å². The van der Waals surface area contributed by atoms with Crippen LogP contribution in [0, 0.1) is 0 Å². The highest BCUT2D eigenvalue weighted by Crippen LogP contribution is 2.24. The molecule has 0 aromatic carbocycles. The molecule has 0 aliphatic heterocycles. The van der Waals surface area contributed by atoms with Gasteiger partial charge in [0.05, 0.1) is 16.4 Å². The Balaban J connectivity index is 2.20. The molecule has 2 aromatic heterocycles. The topological polar surface area (TPSA) is 37.8 Å². The van der Waals surface area contributed by atoms with Crippen molar-refractivity contribution in [1.82, 2.24) is 15.3 Å². The predicted molar refractivity (Wildman–Crippen MR) is 67.7 cm³/mol. The molecule has 1 unspecified atom stereocenters. The Morgan fingerprint density at radius 1 is 1.38 bits per heavy atom. The van der Waals surface area contributed by atoms with E-state index in [9.17, 15) is 0 Å². The second-order valence-electron chi connectivity index (χ2n) is 3.74. The van der Waals surface area contributed by atoms with Gasteiger partial charge in [0.25, 0.3) is 0 Å². The van der Waals surface area contributed by atoms with Crippen molar-refractivity contribution in [2.24, 2.45) is 0 Å². The predicted octanol–water partition coefficient (Wildman–Crippen LogP) is 2.53. The summed E-state index contributed by atoms with van der Waals surface area (Å²) in [5.41, 5.74) is 1.92. The maximum atomic E-state index is 4.62. The minimum absolute atomic E-state index is 0.451. The van der Waals surface area contributed by atoms with Gasteiger partial charge < -0.3 is 5.32 Å². The van der Waals surface area contributed by atoms with E-state index in [1.807, 2.05) is 25.2 Å². The average Bonchev–Trinajstić information content (AvgIpc) is 2.80. The summed E-state index contributed by atoms with van der Waals surface area (Å²) < 4.78 is 0. The van der Waals surface area contributed by atoms with Gasteiger partial charge in [-0.2, -0.15) is 0 Å². The highest BCUT2D eigenvalue weighted by atomic mass is 32.1. The normalized spacial score (nSPS) is 12.6. The Labute approximate surface area is 99.6 Å². The molecular weight excluding hydrogens is 218 g/mol. The third-order valence-electron chi connectivity index (χ3n) is 2.38. The first-order valence-electron chi connectivity index (χ1n) is 5.32. The fraction of sp³-hybridized carbons (Fsp3) is 0.333. The van der Waals surface area contributed by atoms with Crippen molar-refractivity contribution >= 4 is 11.3 Å². The molecular formula is C12H15N3S. The third kappa shape index (κ3) is 2.46. The number of nitrogens with zero attached hydrogens (tertiary/aromatic N) is 2. The van der Waals surface area contributed by atoms with Crippen molar-refractivity contribution in [3.63, 3.8) is 0 Å². The molecule has 2 heterocycles. The summed E-state index contributed by atoms with van der Waals surface area (Å²) in [4.78, 5) is 8.91. The monoisotopic (exact) mass is 233 g/mol. The number of hydrogen-bond acceptors (Lipinski definition) is 4. The van der Waals surface area contributed by atoms with E-state index in [0.29, 0.717) is 5.92 Å². The quantitative estimate of drug-likeness (QED) is 0.881. The standard InChI is InChI=1S/C12H15N3S/c1-9(7-13-2)12-15-11(8-16-12)10-5-3-4-6-14-10/h3-6,8-9,13H,7H2,1-2H3. The fourth-order valence-electron chi connectivity index (χ4n) is 1.54. The first-order chi connectivity index (χ1) is 7.81. The van der Waals surface area contributed by atoms with Crippen LogP contribution in [0.5, 0.6) is 0 Å². The van der Waals surface area contributed by atoms with Crippen LogP contribution in [0.4, 0.5) is 0 Å². The van der Waals surface area contributed by atoms with Crippen LogP contribution in [0.2, 0.25) is 0 Å². The molecule has 0 aliphatic carbocycles. The largest absolute Gasteiger partial charge is 0.319 e. The fourth-order valence-corrected chi connectivity index (χ4v) is 2.41. The number of pyridine rings is 1. The average molecular weight is 233 g/mol. The zero-order valence-electron chi connectivity index (χ0n) is 9.47. The van der Waals surface area contributed by atoms with Gasteiger partial charge >= 0.3 is 0 Å². The van der Waals surface area contributed by atoms with E-state index in [2.05, 4.69) is 27.6 Å². The number of aromatic nitrogens is 2. The Morgan fingerprint density at radius 2 is 2.25 bits per heavy atom. The van der Waals surface area contributed by atoms with Crippen LogP contribution < -0.4 is 5.32 Å². The Bertz CT molecular complexity index is 439. The van der Waals surface area contributed by atoms with Gasteiger partial charge in [-0.15, -0.1) is 11.3 Å². The van der Waals surface area contributed by atoms with Gasteiger partial charge in [0.2, 0.25) is 0 Å². The number of nitrogens with one attached hydrogen (secondary N) is 1. The molecule has 0 saturated heterocycles. The molecule has 0 radical (unpaired) electrons. The molecule has 3 nitrogen and oxygen atoms in total. The number of likely N-dealkylation sites (N-methyl/N-ethyl adjacent to an activating group) is 1. The van der Waals surface area contributed by atoms with Gasteiger partial charge in [-0.3, -0.25) is 4.98 Å². The molecule has 2 rings (SSSR count). The summed E-state index contributed by atoms with van der Waals surface area (Å²) in [5.74, 6) is 0.451. The maximum Gasteiger partial charge on any atom is 0.0998 e. The van der Waals surface area contributed by atoms with Crippen LogP contribution in [0.25, 0.3) is 11.4 Å². The number of thiazole rings is 1. The molecule has 84 valence electrons. The van der Waals surface area contributed by atoms with E-state index in [0.717, 1.165) is 22.9 Å². The first-order valence-corrected chi connectivity index (χ1v) is 6.20. The van der Waals surface area contributed by atoms with Crippen LogP contribution in [-0.4, -0.2) is 23.6 Å². The summed E-state index contributed by atoms with van der Waals surface area (Å²) in [6, 6.07) is 5.89. The van der Waals surface area contributed by atoms with E-state index < -0.39 is 0 Å². The minimum atomic E-state index is 0.451. The minimum Gasteiger partial charge on any atom is -0.319 e. The lowest BCUT2D eigenvalue weighted by molar-refractivity contribution is 0.674. The van der Waals surface area contributed by atoms with Gasteiger partial charge in [-0.1, -0.05) is 13.0 Å². The zero-order chi connectivity index (χ0) is 11.4. The second kappa shape index (κ2) is 5.18. The van der Waals surface area contributed by atoms with Crippen LogP contribution in [-0.2, 0) is 0 Å². The van der Waals surface area contributed by atoms with Gasteiger partial charge in [-0.25, -0.2) is 4.98 Å². The number of rotatable bonds is 4. The summed E-state index contributed by atoms with van der Waals surface area (Å²) in [6.07, 6.45) is 1.80. The van der Waals surface area contributed by atoms with Crippen molar-refractivity contribution < 1.29 is 0 Å². The summed E-state index contributed by atoms with van der Waals surface area (Å²) in [7, 11) is 1.96. The van der Waals surface area contributed by atoms with Gasteiger partial charge in [0, 0.05) is 24.0 Å². The van der Waals surface area contributed by atoms with Crippen LogP contribution in [0.15, 0.2) is 29.8 Å².